The number of hydrogen-bond donors (Lipinski definition) is 3. The van der Waals surface area contributed by atoms with Gasteiger partial charge in [-0.3, -0.25) is 14.7 Å². The van der Waals surface area contributed by atoms with Crippen LogP contribution in [0.1, 0.15) is 30.4 Å². The highest BCUT2D eigenvalue weighted by molar-refractivity contribution is 5.88. The summed E-state index contributed by atoms with van der Waals surface area (Å²) in [6, 6.07) is 3.88. The number of aryl methyl sites for hydroxylation is 1. The molecule has 1 aromatic heterocycles. The zero-order valence-corrected chi connectivity index (χ0v) is 17.3. The van der Waals surface area contributed by atoms with Gasteiger partial charge in [0.2, 0.25) is 5.95 Å². The number of carboxylic acids is 1. The monoisotopic (exact) mass is 409 g/mol. The molecule has 3 heterocycles. The summed E-state index contributed by atoms with van der Waals surface area (Å²) in [6.45, 7) is 4.13. The molecule has 158 valence electrons. The van der Waals surface area contributed by atoms with Gasteiger partial charge in [-0.25, -0.2) is 9.78 Å². The van der Waals surface area contributed by atoms with E-state index in [0.29, 0.717) is 23.4 Å². The Labute approximate surface area is 174 Å². The number of carbonyl (C=O) groups is 1. The molecule has 2 aliphatic heterocycles. The zero-order chi connectivity index (χ0) is 21.3. The van der Waals surface area contributed by atoms with Gasteiger partial charge in [0.05, 0.1) is 16.5 Å². The normalized spacial score (nSPS) is 18.9. The number of carboxylic acid groups (broad SMARTS) is 1. The molecule has 1 saturated heterocycles. The van der Waals surface area contributed by atoms with Gasteiger partial charge in [0.1, 0.15) is 6.17 Å². The van der Waals surface area contributed by atoms with Gasteiger partial charge >= 0.3 is 5.97 Å². The van der Waals surface area contributed by atoms with Gasteiger partial charge in [-0.15, -0.1) is 0 Å². The number of hydrogen-bond acceptors (Lipinski definition) is 6. The fourth-order valence-electron chi connectivity index (χ4n) is 4.17. The minimum Gasteiger partial charge on any atom is -0.478 e. The van der Waals surface area contributed by atoms with E-state index < -0.39 is 12.1 Å². The second-order valence-electron chi connectivity index (χ2n) is 7.91. The van der Waals surface area contributed by atoms with Crippen LogP contribution >= 0.6 is 0 Å². The van der Waals surface area contributed by atoms with E-state index in [1.165, 1.54) is 6.42 Å². The third-order valence-electron chi connectivity index (χ3n) is 5.71. The number of aromatic nitrogens is 2. The molecule has 1 fully saturated rings. The Bertz CT molecular complexity index is 1100. The van der Waals surface area contributed by atoms with Gasteiger partial charge in [-0.05, 0) is 61.7 Å². The summed E-state index contributed by atoms with van der Waals surface area (Å²) < 4.78 is 1.64. The average Bonchev–Trinajstić information content (AvgIpc) is 2.75. The van der Waals surface area contributed by atoms with Crippen molar-refractivity contribution >= 4 is 22.8 Å². The van der Waals surface area contributed by atoms with E-state index in [2.05, 4.69) is 15.5 Å². The van der Waals surface area contributed by atoms with Crippen LogP contribution in [0.15, 0.2) is 40.9 Å². The Kier molecular flexibility index (Phi) is 5.59. The van der Waals surface area contributed by atoms with E-state index in [4.69, 9.17) is 4.98 Å². The first-order chi connectivity index (χ1) is 14.5. The second-order valence-corrected chi connectivity index (χ2v) is 7.91. The Morgan fingerprint density at radius 1 is 1.30 bits per heavy atom. The highest BCUT2D eigenvalue weighted by Gasteiger charge is 2.22. The second kappa shape index (κ2) is 8.31. The quantitative estimate of drug-likeness (QED) is 0.692. The first kappa shape index (κ1) is 20.2. The van der Waals surface area contributed by atoms with Gasteiger partial charge in [0, 0.05) is 26.7 Å². The molecule has 0 amide bonds. The largest absolute Gasteiger partial charge is 0.478 e. The van der Waals surface area contributed by atoms with Crippen LogP contribution < -0.4 is 21.1 Å². The van der Waals surface area contributed by atoms with Crippen molar-refractivity contribution in [1.29, 1.82) is 0 Å². The average molecular weight is 409 g/mol. The van der Waals surface area contributed by atoms with Crippen molar-refractivity contribution in [2.75, 3.05) is 18.0 Å². The van der Waals surface area contributed by atoms with Crippen molar-refractivity contribution < 1.29 is 9.90 Å². The maximum absolute atomic E-state index is 13.1. The van der Waals surface area contributed by atoms with Crippen LogP contribution in [0, 0.1) is 6.92 Å². The third-order valence-corrected chi connectivity index (χ3v) is 5.71. The number of aliphatic carboxylic acids is 1. The van der Waals surface area contributed by atoms with Crippen LogP contribution in [-0.4, -0.2) is 39.9 Å². The summed E-state index contributed by atoms with van der Waals surface area (Å²) in [5.41, 5.74) is 2.70. The van der Waals surface area contributed by atoms with Crippen LogP contribution in [0.5, 0.6) is 0 Å². The molecular formula is C22H27N5O3. The molecule has 0 saturated carbocycles. The number of dihydropyridines is 1. The van der Waals surface area contributed by atoms with Crippen molar-refractivity contribution in [3.63, 3.8) is 0 Å². The van der Waals surface area contributed by atoms with Crippen LogP contribution in [0.25, 0.3) is 10.9 Å². The minimum atomic E-state index is -0.974. The van der Waals surface area contributed by atoms with Crippen LogP contribution in [-0.2, 0) is 18.4 Å². The molecule has 2 aromatic rings. The number of allylic oxidation sites excluding steroid dienone is 2. The molecule has 1 unspecified atom stereocenters. The molecular weight excluding hydrogens is 382 g/mol. The highest BCUT2D eigenvalue weighted by atomic mass is 16.4. The molecule has 0 radical (unpaired) electrons. The maximum atomic E-state index is 13.1. The van der Waals surface area contributed by atoms with E-state index >= 15 is 0 Å². The summed E-state index contributed by atoms with van der Waals surface area (Å²) in [7, 11) is 1.78. The molecule has 4 rings (SSSR count). The third kappa shape index (κ3) is 3.82. The first-order valence-corrected chi connectivity index (χ1v) is 10.3. The predicted octanol–water partition coefficient (Wildman–Crippen LogP) is 1.78. The van der Waals surface area contributed by atoms with Crippen molar-refractivity contribution in [3.05, 3.63) is 57.5 Å². The summed E-state index contributed by atoms with van der Waals surface area (Å²) in [6.07, 6.45) is 7.84. The van der Waals surface area contributed by atoms with E-state index in [1.54, 1.807) is 30.0 Å². The van der Waals surface area contributed by atoms with E-state index in [-0.39, 0.29) is 11.1 Å². The number of benzene rings is 1. The molecule has 1 aromatic carbocycles. The topological polar surface area (TPSA) is 99.5 Å². The standard InChI is InChI=1S/C22H27N5O3/c1-14-11-15(13-24-19-16(21(29)30)7-6-8-23-19)18-17(12-14)20(28)26(2)22(25-18)27-9-4-3-5-10-27/h6-8,11-12,19,23-24H,3-5,9-10,13H2,1-2H3,(H,29,30). The Morgan fingerprint density at radius 2 is 2.07 bits per heavy atom. The Balaban J connectivity index is 1.71. The fourth-order valence-corrected chi connectivity index (χ4v) is 4.17. The molecule has 0 spiro atoms. The molecule has 0 aliphatic carbocycles. The lowest BCUT2D eigenvalue weighted by Crippen LogP contribution is -2.44. The molecule has 1 atom stereocenters. The van der Waals surface area contributed by atoms with Crippen molar-refractivity contribution in [2.24, 2.45) is 7.05 Å². The molecule has 8 heteroatoms. The smallest absolute Gasteiger partial charge is 0.335 e. The van der Waals surface area contributed by atoms with Gasteiger partial charge in [-0.1, -0.05) is 6.07 Å². The lowest BCUT2D eigenvalue weighted by atomic mass is 10.1. The number of nitrogens with zero attached hydrogens (tertiary/aromatic N) is 3. The van der Waals surface area contributed by atoms with Gasteiger partial charge in [0.25, 0.3) is 5.56 Å². The van der Waals surface area contributed by atoms with Gasteiger partial charge in [-0.2, -0.15) is 0 Å². The lowest BCUT2D eigenvalue weighted by Gasteiger charge is -2.29. The van der Waals surface area contributed by atoms with E-state index in [0.717, 1.165) is 37.1 Å². The van der Waals surface area contributed by atoms with Crippen molar-refractivity contribution in [1.82, 2.24) is 20.2 Å². The fraction of sp³-hybridized carbons (Fsp3) is 0.409. The SMILES string of the molecule is Cc1cc(CNC2NC=CC=C2C(=O)O)c2nc(N3CCCCC3)n(C)c(=O)c2c1. The molecule has 2 aliphatic rings. The van der Waals surface area contributed by atoms with Crippen LogP contribution in [0.4, 0.5) is 5.95 Å². The Hall–Kier alpha value is -3.13. The highest BCUT2D eigenvalue weighted by Crippen LogP contribution is 2.22. The summed E-state index contributed by atoms with van der Waals surface area (Å²) in [5, 5.41) is 16.3. The predicted molar refractivity (Wildman–Crippen MR) is 116 cm³/mol. The summed E-state index contributed by atoms with van der Waals surface area (Å²) >= 11 is 0. The number of piperidine rings is 1. The molecule has 0 bridgehead atoms. The maximum Gasteiger partial charge on any atom is 0.335 e. The molecule has 3 N–H and O–H groups in total. The van der Waals surface area contributed by atoms with Gasteiger partial charge in [0.15, 0.2) is 0 Å². The Morgan fingerprint density at radius 3 is 2.80 bits per heavy atom. The minimum absolute atomic E-state index is 0.0598. The van der Waals surface area contributed by atoms with Crippen LogP contribution in [0.3, 0.4) is 0 Å². The first-order valence-electron chi connectivity index (χ1n) is 10.3. The van der Waals surface area contributed by atoms with Crippen LogP contribution in [0.2, 0.25) is 0 Å². The van der Waals surface area contributed by atoms with E-state index in [1.807, 2.05) is 19.1 Å². The lowest BCUT2D eigenvalue weighted by molar-refractivity contribution is -0.133. The number of anilines is 1. The zero-order valence-electron chi connectivity index (χ0n) is 17.3. The van der Waals surface area contributed by atoms with Crippen molar-refractivity contribution in [2.45, 2.75) is 38.9 Å². The number of fused-ring (bicyclic) bond motifs is 1. The van der Waals surface area contributed by atoms with E-state index in [9.17, 15) is 14.7 Å². The van der Waals surface area contributed by atoms with Crippen molar-refractivity contribution in [3.8, 4) is 0 Å². The number of nitrogens with one attached hydrogen (secondary N) is 2. The molecule has 8 nitrogen and oxygen atoms in total. The van der Waals surface area contributed by atoms with Gasteiger partial charge < -0.3 is 15.3 Å². The number of rotatable bonds is 5. The summed E-state index contributed by atoms with van der Waals surface area (Å²) in [4.78, 5) is 31.7. The molecule has 30 heavy (non-hydrogen) atoms. The summed E-state index contributed by atoms with van der Waals surface area (Å²) in [5.74, 6) is -0.278.